The highest BCUT2D eigenvalue weighted by molar-refractivity contribution is 9.10. The van der Waals surface area contributed by atoms with Gasteiger partial charge in [-0.2, -0.15) is 5.10 Å². The first-order valence-corrected chi connectivity index (χ1v) is 9.59. The molecule has 0 amide bonds. The summed E-state index contributed by atoms with van der Waals surface area (Å²) < 4.78 is 7.68. The van der Waals surface area contributed by atoms with Crippen molar-refractivity contribution in [3.63, 3.8) is 0 Å². The predicted octanol–water partition coefficient (Wildman–Crippen LogP) is 1.83. The number of ether oxygens (including phenoxy) is 1. The SMILES string of the molecule is COc1cc(-n2c(C[C@@]3(C(=O)C4CC4)CCNC3)n[nH]c2=O)ccc1Br. The average molecular weight is 421 g/mol. The van der Waals surface area contributed by atoms with Crippen molar-refractivity contribution in [2.45, 2.75) is 25.7 Å². The third-order valence-electron chi connectivity index (χ3n) is 5.35. The van der Waals surface area contributed by atoms with Gasteiger partial charge < -0.3 is 10.1 Å². The van der Waals surface area contributed by atoms with Crippen LogP contribution < -0.4 is 15.7 Å². The van der Waals surface area contributed by atoms with E-state index in [9.17, 15) is 9.59 Å². The van der Waals surface area contributed by atoms with E-state index in [0.29, 0.717) is 36.0 Å². The lowest BCUT2D eigenvalue weighted by atomic mass is 9.77. The van der Waals surface area contributed by atoms with E-state index in [0.717, 1.165) is 30.3 Å². The summed E-state index contributed by atoms with van der Waals surface area (Å²) in [6.45, 7) is 1.46. The Morgan fingerprint density at radius 1 is 1.46 bits per heavy atom. The first-order valence-electron chi connectivity index (χ1n) is 8.79. The van der Waals surface area contributed by atoms with Crippen LogP contribution in [0.1, 0.15) is 25.1 Å². The van der Waals surface area contributed by atoms with E-state index in [4.69, 9.17) is 4.74 Å². The van der Waals surface area contributed by atoms with Crippen LogP contribution in [0, 0.1) is 11.3 Å². The zero-order valence-corrected chi connectivity index (χ0v) is 16.1. The number of hydrogen-bond donors (Lipinski definition) is 2. The topological polar surface area (TPSA) is 89.0 Å². The van der Waals surface area contributed by atoms with E-state index in [1.54, 1.807) is 13.2 Å². The molecule has 0 unspecified atom stereocenters. The number of halogens is 1. The van der Waals surface area contributed by atoms with Gasteiger partial charge in [0.15, 0.2) is 0 Å². The molecule has 2 aliphatic rings. The fourth-order valence-corrected chi connectivity index (χ4v) is 4.18. The number of methoxy groups -OCH3 is 1. The molecule has 2 fully saturated rings. The number of aromatic amines is 1. The second-order valence-corrected chi connectivity index (χ2v) is 7.98. The third-order valence-corrected chi connectivity index (χ3v) is 6.00. The molecule has 138 valence electrons. The number of carbonyl (C=O) groups excluding carboxylic acids is 1. The standard InChI is InChI=1S/C18H21BrN4O3/c1-26-14-8-12(4-5-13(14)19)23-15(21-22-17(23)25)9-18(6-7-20-10-18)16(24)11-2-3-11/h4-5,8,11,20H,2-3,6-7,9-10H2,1H3,(H,22,25)/t18-/m0/s1. The second kappa shape index (κ2) is 6.66. The van der Waals surface area contributed by atoms with E-state index < -0.39 is 5.41 Å². The number of ketones is 1. The molecule has 1 aromatic carbocycles. The van der Waals surface area contributed by atoms with Crippen LogP contribution in [0.15, 0.2) is 27.5 Å². The van der Waals surface area contributed by atoms with Crippen molar-refractivity contribution < 1.29 is 9.53 Å². The molecule has 8 heteroatoms. The van der Waals surface area contributed by atoms with Crippen LogP contribution in [0.2, 0.25) is 0 Å². The zero-order chi connectivity index (χ0) is 18.3. The van der Waals surface area contributed by atoms with Crippen LogP contribution in [0.25, 0.3) is 5.69 Å². The van der Waals surface area contributed by atoms with E-state index >= 15 is 0 Å². The Morgan fingerprint density at radius 2 is 2.27 bits per heavy atom. The Morgan fingerprint density at radius 3 is 2.92 bits per heavy atom. The first-order chi connectivity index (χ1) is 12.5. The molecule has 1 aliphatic heterocycles. The van der Waals surface area contributed by atoms with Crippen LogP contribution in [-0.4, -0.2) is 40.7 Å². The summed E-state index contributed by atoms with van der Waals surface area (Å²) in [6.07, 6.45) is 3.20. The molecule has 1 atom stereocenters. The molecule has 4 rings (SSSR count). The molecular formula is C18H21BrN4O3. The third kappa shape index (κ3) is 3.01. The fraction of sp³-hybridized carbons (Fsp3) is 0.500. The van der Waals surface area contributed by atoms with Gasteiger partial charge in [0.25, 0.3) is 0 Å². The van der Waals surface area contributed by atoms with E-state index in [-0.39, 0.29) is 11.6 Å². The normalized spacial score (nSPS) is 22.5. The summed E-state index contributed by atoms with van der Waals surface area (Å²) in [5.41, 5.74) is -0.118. The molecule has 1 saturated carbocycles. The molecule has 2 aromatic rings. The summed E-state index contributed by atoms with van der Waals surface area (Å²) in [6, 6.07) is 5.45. The highest BCUT2D eigenvalue weighted by atomic mass is 79.9. The molecule has 0 radical (unpaired) electrons. The smallest absolute Gasteiger partial charge is 0.347 e. The lowest BCUT2D eigenvalue weighted by molar-refractivity contribution is -0.129. The first kappa shape index (κ1) is 17.5. The summed E-state index contributed by atoms with van der Waals surface area (Å²) in [4.78, 5) is 25.4. The number of hydrogen-bond acceptors (Lipinski definition) is 5. The van der Waals surface area contributed by atoms with Crippen molar-refractivity contribution in [3.8, 4) is 11.4 Å². The van der Waals surface area contributed by atoms with Gasteiger partial charge in [-0.05, 0) is 53.9 Å². The Kier molecular flexibility index (Phi) is 4.48. The highest BCUT2D eigenvalue weighted by Gasteiger charge is 2.48. The number of Topliss-reactive ketones (excluding diaryl/α,β-unsaturated/α-hetero) is 1. The van der Waals surface area contributed by atoms with Gasteiger partial charge in [-0.15, -0.1) is 0 Å². The van der Waals surface area contributed by atoms with Crippen molar-refractivity contribution in [3.05, 3.63) is 39.0 Å². The van der Waals surface area contributed by atoms with Gasteiger partial charge in [-0.25, -0.2) is 14.5 Å². The number of carbonyl (C=O) groups is 1. The molecule has 0 spiro atoms. The largest absolute Gasteiger partial charge is 0.495 e. The monoisotopic (exact) mass is 420 g/mol. The molecule has 26 heavy (non-hydrogen) atoms. The van der Waals surface area contributed by atoms with Gasteiger partial charge >= 0.3 is 5.69 Å². The van der Waals surface area contributed by atoms with Crippen LogP contribution in [0.5, 0.6) is 5.75 Å². The number of nitrogens with zero attached hydrogens (tertiary/aromatic N) is 2. The van der Waals surface area contributed by atoms with Gasteiger partial charge in [-0.1, -0.05) is 0 Å². The molecular weight excluding hydrogens is 400 g/mol. The van der Waals surface area contributed by atoms with Crippen molar-refractivity contribution in [2.75, 3.05) is 20.2 Å². The summed E-state index contributed by atoms with van der Waals surface area (Å²) in [7, 11) is 1.58. The van der Waals surface area contributed by atoms with Crippen molar-refractivity contribution >= 4 is 21.7 Å². The number of aromatic nitrogens is 3. The molecule has 2 N–H and O–H groups in total. The van der Waals surface area contributed by atoms with Gasteiger partial charge in [0.1, 0.15) is 17.4 Å². The summed E-state index contributed by atoms with van der Waals surface area (Å²) in [5.74, 6) is 1.71. The average Bonchev–Trinajstić information content (AvgIpc) is 3.28. The van der Waals surface area contributed by atoms with E-state index in [1.165, 1.54) is 4.57 Å². The van der Waals surface area contributed by atoms with Crippen LogP contribution in [0.4, 0.5) is 0 Å². The van der Waals surface area contributed by atoms with Gasteiger partial charge in [0.05, 0.1) is 17.3 Å². The van der Waals surface area contributed by atoms with Crippen molar-refractivity contribution in [2.24, 2.45) is 11.3 Å². The zero-order valence-electron chi connectivity index (χ0n) is 14.5. The maximum Gasteiger partial charge on any atom is 0.347 e. The molecule has 1 saturated heterocycles. The van der Waals surface area contributed by atoms with E-state index in [1.807, 2.05) is 12.1 Å². The van der Waals surface area contributed by atoms with Crippen LogP contribution in [0.3, 0.4) is 0 Å². The Hall–Kier alpha value is -1.93. The minimum Gasteiger partial charge on any atom is -0.495 e. The van der Waals surface area contributed by atoms with Gasteiger partial charge in [0.2, 0.25) is 0 Å². The molecule has 1 aliphatic carbocycles. The Balaban J connectivity index is 1.72. The van der Waals surface area contributed by atoms with E-state index in [2.05, 4.69) is 31.4 Å². The lowest BCUT2D eigenvalue weighted by Crippen LogP contribution is -2.38. The summed E-state index contributed by atoms with van der Waals surface area (Å²) in [5, 5.41) is 10.1. The number of rotatable bonds is 6. The Labute approximate surface area is 159 Å². The highest BCUT2D eigenvalue weighted by Crippen LogP contribution is 2.42. The summed E-state index contributed by atoms with van der Waals surface area (Å²) >= 11 is 3.42. The second-order valence-electron chi connectivity index (χ2n) is 7.12. The van der Waals surface area contributed by atoms with Crippen LogP contribution in [-0.2, 0) is 11.2 Å². The molecule has 7 nitrogen and oxygen atoms in total. The molecule has 0 bridgehead atoms. The predicted molar refractivity (Wildman–Crippen MR) is 99.8 cm³/mol. The van der Waals surface area contributed by atoms with Crippen LogP contribution >= 0.6 is 15.9 Å². The van der Waals surface area contributed by atoms with Gasteiger partial charge in [-0.3, -0.25) is 4.79 Å². The maximum atomic E-state index is 12.9. The lowest BCUT2D eigenvalue weighted by Gasteiger charge is -2.26. The minimum absolute atomic E-state index is 0.182. The van der Waals surface area contributed by atoms with Gasteiger partial charge in [0, 0.05) is 30.4 Å². The maximum absolute atomic E-state index is 12.9. The molecule has 2 heterocycles. The number of H-pyrrole nitrogens is 1. The quantitative estimate of drug-likeness (QED) is 0.743. The Bertz CT molecular complexity index is 894. The number of nitrogens with one attached hydrogen (secondary N) is 2. The minimum atomic E-state index is -0.468. The number of benzene rings is 1. The van der Waals surface area contributed by atoms with Crippen molar-refractivity contribution in [1.82, 2.24) is 20.1 Å². The fourth-order valence-electron chi connectivity index (χ4n) is 3.78. The van der Waals surface area contributed by atoms with Crippen molar-refractivity contribution in [1.29, 1.82) is 0 Å². The molecule has 1 aromatic heterocycles.